The molecule has 130 valence electrons. The van der Waals surface area contributed by atoms with E-state index in [0.29, 0.717) is 11.3 Å². The quantitative estimate of drug-likeness (QED) is 0.593. The summed E-state index contributed by atoms with van der Waals surface area (Å²) >= 11 is 0. The second kappa shape index (κ2) is 9.17. The summed E-state index contributed by atoms with van der Waals surface area (Å²) in [5.41, 5.74) is 3.71. The Hall–Kier alpha value is -3.22. The van der Waals surface area contributed by atoms with E-state index in [1.54, 1.807) is 48.8 Å². The SMILES string of the molecule is CC(C)NC(=O)COc1ccc(/C=N\NC(=O)c2ccncc2)cc1. The van der Waals surface area contributed by atoms with Crippen LogP contribution in [0.1, 0.15) is 29.8 Å². The molecule has 7 nitrogen and oxygen atoms in total. The Balaban J connectivity index is 1.81. The van der Waals surface area contributed by atoms with Gasteiger partial charge < -0.3 is 10.1 Å². The highest BCUT2D eigenvalue weighted by Crippen LogP contribution is 2.10. The molecule has 0 atom stereocenters. The number of ether oxygens (including phenoxy) is 1. The summed E-state index contributed by atoms with van der Waals surface area (Å²) in [5, 5.41) is 6.65. The van der Waals surface area contributed by atoms with Crippen LogP contribution in [0.15, 0.2) is 53.9 Å². The Morgan fingerprint density at radius 2 is 1.84 bits per heavy atom. The zero-order valence-corrected chi connectivity index (χ0v) is 14.1. The van der Waals surface area contributed by atoms with E-state index in [4.69, 9.17) is 4.74 Å². The zero-order valence-electron chi connectivity index (χ0n) is 14.1. The van der Waals surface area contributed by atoms with Crippen molar-refractivity contribution in [2.24, 2.45) is 5.10 Å². The molecule has 0 saturated carbocycles. The zero-order chi connectivity index (χ0) is 18.1. The third-order valence-corrected chi connectivity index (χ3v) is 3.02. The minimum Gasteiger partial charge on any atom is -0.484 e. The van der Waals surface area contributed by atoms with E-state index < -0.39 is 0 Å². The number of benzene rings is 1. The first-order valence-electron chi connectivity index (χ1n) is 7.80. The second-order valence-electron chi connectivity index (χ2n) is 5.51. The smallest absolute Gasteiger partial charge is 0.271 e. The molecule has 2 rings (SSSR count). The molecule has 1 heterocycles. The highest BCUT2D eigenvalue weighted by atomic mass is 16.5. The van der Waals surface area contributed by atoms with Crippen LogP contribution in [0.3, 0.4) is 0 Å². The normalized spacial score (nSPS) is 10.7. The first-order valence-corrected chi connectivity index (χ1v) is 7.80. The molecule has 2 aromatic rings. The van der Waals surface area contributed by atoms with Crippen LogP contribution in [0.4, 0.5) is 0 Å². The Bertz CT molecular complexity index is 728. The Morgan fingerprint density at radius 1 is 1.16 bits per heavy atom. The van der Waals surface area contributed by atoms with E-state index >= 15 is 0 Å². The number of hydrogen-bond acceptors (Lipinski definition) is 5. The Labute approximate surface area is 146 Å². The Morgan fingerprint density at radius 3 is 2.48 bits per heavy atom. The van der Waals surface area contributed by atoms with Gasteiger partial charge in [-0.1, -0.05) is 0 Å². The standard InChI is InChI=1S/C18H20N4O3/c1-13(2)21-17(23)12-25-16-5-3-14(4-6-16)11-20-22-18(24)15-7-9-19-10-8-15/h3-11,13H,12H2,1-2H3,(H,21,23)(H,22,24)/b20-11-. The van der Waals surface area contributed by atoms with Crippen molar-refractivity contribution in [3.8, 4) is 5.75 Å². The summed E-state index contributed by atoms with van der Waals surface area (Å²) in [7, 11) is 0. The van der Waals surface area contributed by atoms with Crippen molar-refractivity contribution < 1.29 is 14.3 Å². The second-order valence-corrected chi connectivity index (χ2v) is 5.51. The van der Waals surface area contributed by atoms with Crippen molar-refractivity contribution >= 4 is 18.0 Å². The van der Waals surface area contributed by atoms with Crippen LogP contribution in [0, 0.1) is 0 Å². The van der Waals surface area contributed by atoms with Gasteiger partial charge in [-0.2, -0.15) is 5.10 Å². The van der Waals surface area contributed by atoms with Crippen molar-refractivity contribution in [2.75, 3.05) is 6.61 Å². The van der Waals surface area contributed by atoms with E-state index in [2.05, 4.69) is 20.8 Å². The van der Waals surface area contributed by atoms with Crippen LogP contribution in [0.5, 0.6) is 5.75 Å². The molecule has 0 bridgehead atoms. The monoisotopic (exact) mass is 340 g/mol. The average molecular weight is 340 g/mol. The van der Waals surface area contributed by atoms with Crippen molar-refractivity contribution in [3.05, 3.63) is 59.9 Å². The lowest BCUT2D eigenvalue weighted by Crippen LogP contribution is -2.34. The number of carbonyl (C=O) groups is 2. The lowest BCUT2D eigenvalue weighted by molar-refractivity contribution is -0.123. The van der Waals surface area contributed by atoms with E-state index in [0.717, 1.165) is 5.56 Å². The molecule has 1 aromatic carbocycles. The minimum atomic E-state index is -0.310. The van der Waals surface area contributed by atoms with E-state index in [-0.39, 0.29) is 24.5 Å². The van der Waals surface area contributed by atoms with Gasteiger partial charge >= 0.3 is 0 Å². The first-order chi connectivity index (χ1) is 12.0. The fourth-order valence-corrected chi connectivity index (χ4v) is 1.90. The van der Waals surface area contributed by atoms with Gasteiger partial charge in [0, 0.05) is 24.0 Å². The fraction of sp³-hybridized carbons (Fsp3) is 0.222. The third kappa shape index (κ3) is 6.42. The summed E-state index contributed by atoms with van der Waals surface area (Å²) in [6.07, 6.45) is 4.60. The lowest BCUT2D eigenvalue weighted by atomic mass is 10.2. The number of carbonyl (C=O) groups excluding carboxylic acids is 2. The molecule has 0 aliphatic heterocycles. The first kappa shape index (κ1) is 18.1. The van der Waals surface area contributed by atoms with Crippen LogP contribution in [-0.2, 0) is 4.79 Å². The van der Waals surface area contributed by atoms with Crippen LogP contribution < -0.4 is 15.5 Å². The molecule has 2 N–H and O–H groups in total. The Kier molecular flexibility index (Phi) is 6.65. The molecular formula is C18H20N4O3. The number of hydrazone groups is 1. The van der Waals surface area contributed by atoms with Crippen molar-refractivity contribution in [2.45, 2.75) is 19.9 Å². The van der Waals surface area contributed by atoms with Gasteiger partial charge in [0.1, 0.15) is 5.75 Å². The van der Waals surface area contributed by atoms with Gasteiger partial charge in [-0.15, -0.1) is 0 Å². The van der Waals surface area contributed by atoms with Crippen LogP contribution >= 0.6 is 0 Å². The topological polar surface area (TPSA) is 92.7 Å². The highest BCUT2D eigenvalue weighted by Gasteiger charge is 2.04. The molecule has 0 aliphatic carbocycles. The van der Waals surface area contributed by atoms with Gasteiger partial charge in [-0.25, -0.2) is 5.43 Å². The van der Waals surface area contributed by atoms with Gasteiger partial charge in [0.2, 0.25) is 0 Å². The van der Waals surface area contributed by atoms with Gasteiger partial charge in [-0.3, -0.25) is 14.6 Å². The van der Waals surface area contributed by atoms with Gasteiger partial charge in [-0.05, 0) is 55.8 Å². The molecule has 0 aliphatic rings. The summed E-state index contributed by atoms with van der Waals surface area (Å²) in [6, 6.07) is 10.3. The number of rotatable bonds is 7. The predicted octanol–water partition coefficient (Wildman–Crippen LogP) is 1.75. The lowest BCUT2D eigenvalue weighted by Gasteiger charge is -2.09. The van der Waals surface area contributed by atoms with Gasteiger partial charge in [0.05, 0.1) is 6.21 Å². The highest BCUT2D eigenvalue weighted by molar-refractivity contribution is 5.94. The summed E-state index contributed by atoms with van der Waals surface area (Å²) in [5.74, 6) is 0.103. The maximum Gasteiger partial charge on any atom is 0.271 e. The van der Waals surface area contributed by atoms with Crippen LogP contribution in [-0.4, -0.2) is 35.7 Å². The van der Waals surface area contributed by atoms with Crippen molar-refractivity contribution in [1.82, 2.24) is 15.7 Å². The summed E-state index contributed by atoms with van der Waals surface area (Å²) in [4.78, 5) is 27.2. The fourth-order valence-electron chi connectivity index (χ4n) is 1.90. The minimum absolute atomic E-state index is 0.0341. The van der Waals surface area contributed by atoms with Gasteiger partial charge in [0.25, 0.3) is 11.8 Å². The predicted molar refractivity (Wildman–Crippen MR) is 94.5 cm³/mol. The molecule has 0 saturated heterocycles. The maximum atomic E-state index is 11.8. The molecule has 7 heteroatoms. The average Bonchev–Trinajstić information content (AvgIpc) is 2.61. The van der Waals surface area contributed by atoms with E-state index in [9.17, 15) is 9.59 Å². The molecule has 0 fully saturated rings. The molecule has 0 spiro atoms. The number of aromatic nitrogens is 1. The number of nitrogens with zero attached hydrogens (tertiary/aromatic N) is 2. The number of amides is 2. The number of pyridine rings is 1. The molecule has 1 aromatic heterocycles. The number of nitrogens with one attached hydrogen (secondary N) is 2. The molecule has 0 unspecified atom stereocenters. The maximum absolute atomic E-state index is 11.8. The van der Waals surface area contributed by atoms with Gasteiger partial charge in [0.15, 0.2) is 6.61 Å². The molecule has 2 amide bonds. The van der Waals surface area contributed by atoms with E-state index in [1.165, 1.54) is 6.21 Å². The number of hydrogen-bond donors (Lipinski definition) is 2. The van der Waals surface area contributed by atoms with Crippen LogP contribution in [0.25, 0.3) is 0 Å². The van der Waals surface area contributed by atoms with E-state index in [1.807, 2.05) is 13.8 Å². The molecule has 0 radical (unpaired) electrons. The van der Waals surface area contributed by atoms with Crippen molar-refractivity contribution in [1.29, 1.82) is 0 Å². The van der Waals surface area contributed by atoms with Crippen LogP contribution in [0.2, 0.25) is 0 Å². The van der Waals surface area contributed by atoms with Crippen molar-refractivity contribution in [3.63, 3.8) is 0 Å². The molecule has 25 heavy (non-hydrogen) atoms. The largest absolute Gasteiger partial charge is 0.484 e. The summed E-state index contributed by atoms with van der Waals surface area (Å²) in [6.45, 7) is 3.74. The summed E-state index contributed by atoms with van der Waals surface area (Å²) < 4.78 is 5.39. The molecular weight excluding hydrogens is 320 g/mol. The third-order valence-electron chi connectivity index (χ3n) is 3.02.